The van der Waals surface area contributed by atoms with Gasteiger partial charge in [0.15, 0.2) is 5.76 Å². The Morgan fingerprint density at radius 1 is 1.28 bits per heavy atom. The molecule has 2 fully saturated rings. The summed E-state index contributed by atoms with van der Waals surface area (Å²) in [6.45, 7) is 7.76. The lowest BCUT2D eigenvalue weighted by Crippen LogP contribution is -2.35. The van der Waals surface area contributed by atoms with E-state index >= 15 is 0 Å². The molecule has 0 saturated carbocycles. The molecule has 1 aromatic heterocycles. The van der Waals surface area contributed by atoms with Crippen LogP contribution in [0.15, 0.2) is 34.9 Å². The van der Waals surface area contributed by atoms with Gasteiger partial charge in [0.1, 0.15) is 11.7 Å². The molecule has 0 aliphatic carbocycles. The van der Waals surface area contributed by atoms with E-state index in [0.29, 0.717) is 23.1 Å². The van der Waals surface area contributed by atoms with Gasteiger partial charge in [0.2, 0.25) is 0 Å². The fourth-order valence-electron chi connectivity index (χ4n) is 4.26. The molecule has 0 N–H and O–H groups in total. The van der Waals surface area contributed by atoms with Crippen LogP contribution in [0.4, 0.5) is 0 Å². The Hall–Kier alpha value is -2.14. The van der Waals surface area contributed by atoms with Crippen LogP contribution < -0.4 is 0 Å². The van der Waals surface area contributed by atoms with Gasteiger partial charge in [0, 0.05) is 25.0 Å². The second-order valence-electron chi connectivity index (χ2n) is 7.44. The highest BCUT2D eigenvalue weighted by Gasteiger charge is 2.45. The van der Waals surface area contributed by atoms with E-state index in [2.05, 4.69) is 22.2 Å². The quantitative estimate of drug-likeness (QED) is 0.855. The largest absolute Gasteiger partial charge is 0.360 e. The van der Waals surface area contributed by atoms with Crippen LogP contribution in [0.2, 0.25) is 0 Å². The summed E-state index contributed by atoms with van der Waals surface area (Å²) in [6, 6.07) is 10.8. The molecule has 2 aliphatic rings. The summed E-state index contributed by atoms with van der Waals surface area (Å²) in [4.78, 5) is 18.0. The van der Waals surface area contributed by atoms with Crippen molar-refractivity contribution in [2.75, 3.05) is 13.1 Å². The first kappa shape index (κ1) is 16.3. The fourth-order valence-corrected chi connectivity index (χ4v) is 4.26. The molecule has 0 radical (unpaired) electrons. The van der Waals surface area contributed by atoms with E-state index in [1.54, 1.807) is 0 Å². The van der Waals surface area contributed by atoms with Crippen molar-refractivity contribution in [1.29, 1.82) is 0 Å². The molecule has 2 atom stereocenters. The molecular formula is C20H25N3O2. The molecule has 0 bridgehead atoms. The summed E-state index contributed by atoms with van der Waals surface area (Å²) in [7, 11) is 0. The third-order valence-electron chi connectivity index (χ3n) is 5.43. The highest BCUT2D eigenvalue weighted by Crippen LogP contribution is 2.40. The molecular weight excluding hydrogens is 314 g/mol. The van der Waals surface area contributed by atoms with Gasteiger partial charge in [-0.05, 0) is 25.3 Å². The minimum absolute atomic E-state index is 0.00973. The van der Waals surface area contributed by atoms with Gasteiger partial charge < -0.3 is 9.42 Å². The fraction of sp³-hybridized carbons (Fsp3) is 0.500. The molecule has 5 nitrogen and oxygen atoms in total. The number of aryl methyl sites for hydroxylation is 1. The van der Waals surface area contributed by atoms with Crippen molar-refractivity contribution in [1.82, 2.24) is 15.0 Å². The van der Waals surface area contributed by atoms with E-state index in [-0.39, 0.29) is 18.0 Å². The molecule has 3 heterocycles. The third kappa shape index (κ3) is 2.67. The number of aromatic nitrogens is 1. The number of hydrogen-bond acceptors (Lipinski definition) is 4. The average Bonchev–Trinajstić information content (AvgIpc) is 3.28. The second kappa shape index (κ2) is 6.30. The van der Waals surface area contributed by atoms with Gasteiger partial charge in [-0.15, -0.1) is 0 Å². The van der Waals surface area contributed by atoms with E-state index in [0.717, 1.165) is 19.5 Å². The lowest BCUT2D eigenvalue weighted by molar-refractivity contribution is 0.0635. The zero-order valence-corrected chi connectivity index (χ0v) is 15.1. The van der Waals surface area contributed by atoms with E-state index in [1.807, 2.05) is 43.9 Å². The van der Waals surface area contributed by atoms with Crippen LogP contribution in [0.1, 0.15) is 66.1 Å². The molecule has 2 unspecified atom stereocenters. The highest BCUT2D eigenvalue weighted by molar-refractivity contribution is 5.96. The van der Waals surface area contributed by atoms with Crippen LogP contribution in [0.5, 0.6) is 0 Å². The average molecular weight is 339 g/mol. The Morgan fingerprint density at radius 2 is 2.04 bits per heavy atom. The van der Waals surface area contributed by atoms with Crippen molar-refractivity contribution in [3.05, 3.63) is 52.9 Å². The lowest BCUT2D eigenvalue weighted by Gasteiger charge is -2.30. The zero-order chi connectivity index (χ0) is 17.6. The van der Waals surface area contributed by atoms with Crippen LogP contribution in [0, 0.1) is 6.92 Å². The van der Waals surface area contributed by atoms with Crippen LogP contribution in [-0.4, -0.2) is 40.0 Å². The maximum Gasteiger partial charge on any atom is 0.260 e. The normalized spacial score (nSPS) is 23.4. The van der Waals surface area contributed by atoms with Crippen LogP contribution in [0.25, 0.3) is 0 Å². The first-order valence-corrected chi connectivity index (χ1v) is 9.15. The molecule has 2 aromatic rings. The summed E-state index contributed by atoms with van der Waals surface area (Å²) in [5, 5.41) is 4.06. The maximum absolute atomic E-state index is 13.5. The maximum atomic E-state index is 13.5. The van der Waals surface area contributed by atoms with Crippen molar-refractivity contribution in [3.63, 3.8) is 0 Å². The van der Waals surface area contributed by atoms with Crippen LogP contribution >= 0.6 is 0 Å². The summed E-state index contributed by atoms with van der Waals surface area (Å²) in [6.07, 6.45) is 2.38. The number of fused-ring (bicyclic) bond motifs is 1. The summed E-state index contributed by atoms with van der Waals surface area (Å²) >= 11 is 0. The Morgan fingerprint density at radius 3 is 2.76 bits per heavy atom. The second-order valence-corrected chi connectivity index (χ2v) is 7.44. The van der Waals surface area contributed by atoms with Gasteiger partial charge in [-0.2, -0.15) is 0 Å². The lowest BCUT2D eigenvalue weighted by atomic mass is 10.0. The molecule has 4 rings (SSSR count). The Balaban J connectivity index is 1.73. The van der Waals surface area contributed by atoms with Gasteiger partial charge in [-0.1, -0.05) is 49.3 Å². The van der Waals surface area contributed by atoms with E-state index in [1.165, 1.54) is 12.0 Å². The Labute approximate surface area is 148 Å². The molecule has 0 spiro atoms. The minimum atomic E-state index is 0.00973. The van der Waals surface area contributed by atoms with Crippen LogP contribution in [0.3, 0.4) is 0 Å². The number of carbonyl (C=O) groups excluding carboxylic acids is 1. The van der Waals surface area contributed by atoms with Gasteiger partial charge in [-0.25, -0.2) is 0 Å². The number of benzene rings is 1. The number of hydrogen-bond donors (Lipinski definition) is 0. The third-order valence-corrected chi connectivity index (χ3v) is 5.43. The molecule has 1 amide bonds. The molecule has 1 aromatic carbocycles. The minimum Gasteiger partial charge on any atom is -0.360 e. The Kier molecular flexibility index (Phi) is 4.12. The van der Waals surface area contributed by atoms with Crippen LogP contribution in [-0.2, 0) is 0 Å². The van der Waals surface area contributed by atoms with E-state index in [4.69, 9.17) is 4.52 Å². The first-order chi connectivity index (χ1) is 12.1. The molecule has 2 aliphatic heterocycles. The van der Waals surface area contributed by atoms with Crippen molar-refractivity contribution in [2.45, 2.75) is 51.7 Å². The number of nitrogens with zero attached hydrogens (tertiary/aromatic N) is 3. The zero-order valence-electron chi connectivity index (χ0n) is 15.1. The van der Waals surface area contributed by atoms with Crippen molar-refractivity contribution >= 4 is 5.91 Å². The van der Waals surface area contributed by atoms with E-state index in [9.17, 15) is 4.79 Å². The molecule has 25 heavy (non-hydrogen) atoms. The summed E-state index contributed by atoms with van der Waals surface area (Å²) in [5.74, 6) is 0.879. The molecule has 5 heteroatoms. The van der Waals surface area contributed by atoms with Gasteiger partial charge in [-0.3, -0.25) is 9.69 Å². The topological polar surface area (TPSA) is 49.6 Å². The monoisotopic (exact) mass is 339 g/mol. The number of rotatable bonds is 3. The van der Waals surface area contributed by atoms with Crippen molar-refractivity contribution < 1.29 is 9.32 Å². The van der Waals surface area contributed by atoms with Crippen molar-refractivity contribution in [2.24, 2.45) is 0 Å². The predicted octanol–water partition coefficient (Wildman–Crippen LogP) is 3.73. The standard InChI is InChI=1S/C20H25N3O2/c1-13(2)18-17(14(3)21-25-18)20(24)23-12-16-10-7-11-22(16)19(23)15-8-5-4-6-9-15/h4-6,8-9,13,16,19H,7,10-12H2,1-3H3. The van der Waals surface area contributed by atoms with Gasteiger partial charge in [0.25, 0.3) is 5.91 Å². The van der Waals surface area contributed by atoms with E-state index < -0.39 is 0 Å². The summed E-state index contributed by atoms with van der Waals surface area (Å²) in [5.41, 5.74) is 2.52. The molecule has 132 valence electrons. The first-order valence-electron chi connectivity index (χ1n) is 9.15. The van der Waals surface area contributed by atoms with Crippen molar-refractivity contribution in [3.8, 4) is 0 Å². The van der Waals surface area contributed by atoms with Gasteiger partial charge in [0.05, 0.1) is 5.69 Å². The number of amides is 1. The smallest absolute Gasteiger partial charge is 0.260 e. The Bertz CT molecular complexity index is 769. The van der Waals surface area contributed by atoms with Gasteiger partial charge >= 0.3 is 0 Å². The highest BCUT2D eigenvalue weighted by atomic mass is 16.5. The number of carbonyl (C=O) groups is 1. The SMILES string of the molecule is Cc1noc(C(C)C)c1C(=O)N1CC2CCCN2C1c1ccccc1. The summed E-state index contributed by atoms with van der Waals surface area (Å²) < 4.78 is 5.46. The predicted molar refractivity (Wildman–Crippen MR) is 95.3 cm³/mol. The molecule has 2 saturated heterocycles.